The van der Waals surface area contributed by atoms with E-state index in [1.165, 1.54) is 0 Å². The van der Waals surface area contributed by atoms with Gasteiger partial charge >= 0.3 is 0 Å². The van der Waals surface area contributed by atoms with E-state index in [1.807, 2.05) is 37.3 Å². The van der Waals surface area contributed by atoms with Crippen LogP contribution >= 0.6 is 0 Å². The molecule has 1 aromatic carbocycles. The SMILES string of the molecule is CCC(O)c1cc2n(c(=O)c1C)Cc1c-2nc2ccccc2c1C#N. The summed E-state index contributed by atoms with van der Waals surface area (Å²) in [7, 11) is 0. The summed E-state index contributed by atoms with van der Waals surface area (Å²) in [5, 5.41) is 20.7. The van der Waals surface area contributed by atoms with Crippen molar-refractivity contribution < 1.29 is 5.11 Å². The summed E-state index contributed by atoms with van der Waals surface area (Å²) >= 11 is 0. The van der Waals surface area contributed by atoms with Gasteiger partial charge in [-0.25, -0.2) is 4.98 Å². The van der Waals surface area contributed by atoms with Crippen LogP contribution in [0.2, 0.25) is 0 Å². The minimum Gasteiger partial charge on any atom is -0.388 e. The lowest BCUT2D eigenvalue weighted by Gasteiger charge is -2.14. The van der Waals surface area contributed by atoms with E-state index in [2.05, 4.69) is 6.07 Å². The van der Waals surface area contributed by atoms with Crippen molar-refractivity contribution in [2.75, 3.05) is 0 Å². The Morgan fingerprint density at radius 2 is 2.16 bits per heavy atom. The van der Waals surface area contributed by atoms with Crippen molar-refractivity contribution in [2.24, 2.45) is 0 Å². The highest BCUT2D eigenvalue weighted by Gasteiger charge is 2.28. The van der Waals surface area contributed by atoms with Crippen molar-refractivity contribution in [3.05, 3.63) is 62.9 Å². The van der Waals surface area contributed by atoms with Crippen molar-refractivity contribution in [3.8, 4) is 17.5 Å². The normalized spacial score (nSPS) is 13.4. The summed E-state index contributed by atoms with van der Waals surface area (Å²) in [5.74, 6) is 0. The van der Waals surface area contributed by atoms with Crippen LogP contribution in [-0.2, 0) is 6.54 Å². The van der Waals surface area contributed by atoms with Crippen LogP contribution in [0.15, 0.2) is 35.1 Å². The number of pyridine rings is 2. The summed E-state index contributed by atoms with van der Waals surface area (Å²) in [4.78, 5) is 17.5. The maximum atomic E-state index is 12.8. The average Bonchev–Trinajstić information content (AvgIpc) is 3.00. The maximum absolute atomic E-state index is 12.8. The van der Waals surface area contributed by atoms with E-state index in [0.717, 1.165) is 16.5 Å². The zero-order chi connectivity index (χ0) is 17.7. The number of aliphatic hydroxyl groups excluding tert-OH is 1. The number of benzene rings is 1. The van der Waals surface area contributed by atoms with E-state index in [0.29, 0.717) is 41.0 Å². The molecule has 0 aliphatic carbocycles. The van der Waals surface area contributed by atoms with Gasteiger partial charge in [0.1, 0.15) is 6.07 Å². The third-order valence-corrected chi connectivity index (χ3v) is 4.99. The average molecular weight is 331 g/mol. The molecule has 1 unspecified atom stereocenters. The van der Waals surface area contributed by atoms with Crippen molar-refractivity contribution in [2.45, 2.75) is 32.9 Å². The number of nitriles is 1. The van der Waals surface area contributed by atoms with E-state index in [-0.39, 0.29) is 5.56 Å². The van der Waals surface area contributed by atoms with Gasteiger partial charge in [-0.05, 0) is 31.0 Å². The van der Waals surface area contributed by atoms with Gasteiger partial charge in [0.25, 0.3) is 5.56 Å². The lowest BCUT2D eigenvalue weighted by molar-refractivity contribution is 0.172. The Labute approximate surface area is 144 Å². The Morgan fingerprint density at radius 1 is 1.40 bits per heavy atom. The van der Waals surface area contributed by atoms with E-state index >= 15 is 0 Å². The molecule has 124 valence electrons. The van der Waals surface area contributed by atoms with Gasteiger partial charge in [-0.1, -0.05) is 25.1 Å². The molecule has 0 amide bonds. The van der Waals surface area contributed by atoms with Crippen LogP contribution < -0.4 is 5.56 Å². The molecule has 1 aliphatic heterocycles. The maximum Gasteiger partial charge on any atom is 0.254 e. The molecule has 0 saturated heterocycles. The van der Waals surface area contributed by atoms with Gasteiger partial charge in [0.05, 0.1) is 35.1 Å². The molecule has 5 nitrogen and oxygen atoms in total. The number of fused-ring (bicyclic) bond motifs is 4. The van der Waals surface area contributed by atoms with Gasteiger partial charge in [-0.3, -0.25) is 4.79 Å². The minimum atomic E-state index is -0.682. The van der Waals surface area contributed by atoms with Crippen molar-refractivity contribution >= 4 is 10.9 Å². The smallest absolute Gasteiger partial charge is 0.254 e. The van der Waals surface area contributed by atoms with E-state index in [9.17, 15) is 15.2 Å². The fourth-order valence-electron chi connectivity index (χ4n) is 3.59. The van der Waals surface area contributed by atoms with Crippen LogP contribution in [0.1, 0.15) is 41.7 Å². The third-order valence-electron chi connectivity index (χ3n) is 4.99. The van der Waals surface area contributed by atoms with E-state index in [1.54, 1.807) is 11.5 Å². The molecular formula is C20H17N3O2. The van der Waals surface area contributed by atoms with Crippen molar-refractivity contribution in [1.29, 1.82) is 5.26 Å². The summed E-state index contributed by atoms with van der Waals surface area (Å²) in [5.41, 5.74) is 4.48. The molecule has 3 aromatic rings. The first kappa shape index (κ1) is 15.6. The quantitative estimate of drug-likeness (QED) is 0.612. The Balaban J connectivity index is 2.08. The second kappa shape index (κ2) is 5.54. The standard InChI is InChI=1S/C20H17N3O2/c1-3-18(24)13-8-17-19-15(10-23(17)20(25)11(13)2)14(9-21)12-6-4-5-7-16(12)22-19/h4-8,18,24H,3,10H2,1-2H3. The topological polar surface area (TPSA) is 78.9 Å². The first-order valence-corrected chi connectivity index (χ1v) is 8.31. The zero-order valence-electron chi connectivity index (χ0n) is 14.1. The number of hydrogen-bond donors (Lipinski definition) is 1. The molecule has 1 aliphatic rings. The summed E-state index contributed by atoms with van der Waals surface area (Å²) < 4.78 is 1.65. The van der Waals surface area contributed by atoms with E-state index < -0.39 is 6.10 Å². The molecule has 3 heterocycles. The molecule has 25 heavy (non-hydrogen) atoms. The summed E-state index contributed by atoms with van der Waals surface area (Å²) in [6, 6.07) is 11.6. The Kier molecular flexibility index (Phi) is 3.45. The van der Waals surface area contributed by atoms with Crippen LogP contribution in [-0.4, -0.2) is 14.7 Å². The van der Waals surface area contributed by atoms with Gasteiger partial charge < -0.3 is 9.67 Å². The fourth-order valence-corrected chi connectivity index (χ4v) is 3.59. The summed E-state index contributed by atoms with van der Waals surface area (Å²) in [6.45, 7) is 3.96. The Bertz CT molecular complexity index is 1120. The van der Waals surface area contributed by atoms with Crippen molar-refractivity contribution in [1.82, 2.24) is 9.55 Å². The highest BCUT2D eigenvalue weighted by Crippen LogP contribution is 2.36. The Morgan fingerprint density at radius 3 is 2.88 bits per heavy atom. The van der Waals surface area contributed by atoms with Gasteiger partial charge in [-0.15, -0.1) is 0 Å². The predicted octanol–water partition coefficient (Wildman–Crippen LogP) is 3.05. The fraction of sp³-hybridized carbons (Fsp3) is 0.250. The van der Waals surface area contributed by atoms with Crippen LogP contribution in [0.4, 0.5) is 0 Å². The molecule has 4 rings (SSSR count). The molecule has 0 bridgehead atoms. The van der Waals surface area contributed by atoms with Crippen molar-refractivity contribution in [3.63, 3.8) is 0 Å². The number of hydrogen-bond acceptors (Lipinski definition) is 4. The first-order chi connectivity index (χ1) is 12.1. The predicted molar refractivity (Wildman–Crippen MR) is 95.2 cm³/mol. The first-order valence-electron chi connectivity index (χ1n) is 8.31. The molecule has 0 radical (unpaired) electrons. The Hall–Kier alpha value is -2.97. The zero-order valence-corrected chi connectivity index (χ0v) is 14.1. The molecule has 0 spiro atoms. The van der Waals surface area contributed by atoms with Crippen LogP contribution in [0.25, 0.3) is 22.3 Å². The van der Waals surface area contributed by atoms with Gasteiger partial charge in [0, 0.05) is 16.5 Å². The molecule has 0 saturated carbocycles. The highest BCUT2D eigenvalue weighted by molar-refractivity contribution is 5.90. The second-order valence-electron chi connectivity index (χ2n) is 6.37. The number of para-hydroxylation sites is 1. The third kappa shape index (κ3) is 2.11. The lowest BCUT2D eigenvalue weighted by atomic mass is 9.99. The van der Waals surface area contributed by atoms with Gasteiger partial charge in [0.15, 0.2) is 0 Å². The van der Waals surface area contributed by atoms with Gasteiger partial charge in [-0.2, -0.15) is 5.26 Å². The number of nitrogens with zero attached hydrogens (tertiary/aromatic N) is 3. The minimum absolute atomic E-state index is 0.133. The molecule has 1 N–H and O–H groups in total. The van der Waals surface area contributed by atoms with Gasteiger partial charge in [0.2, 0.25) is 0 Å². The van der Waals surface area contributed by atoms with Crippen LogP contribution in [0.3, 0.4) is 0 Å². The number of aliphatic hydroxyl groups is 1. The molecule has 1 atom stereocenters. The molecule has 0 fully saturated rings. The van der Waals surface area contributed by atoms with Crippen LogP contribution in [0.5, 0.6) is 0 Å². The number of rotatable bonds is 2. The largest absolute Gasteiger partial charge is 0.388 e. The monoisotopic (exact) mass is 331 g/mol. The number of aromatic nitrogens is 2. The molecular weight excluding hydrogens is 314 g/mol. The molecule has 2 aromatic heterocycles. The molecule has 5 heteroatoms. The summed E-state index contributed by atoms with van der Waals surface area (Å²) in [6.07, 6.45) is -0.149. The lowest BCUT2D eigenvalue weighted by Crippen LogP contribution is -2.23. The van der Waals surface area contributed by atoms with Crippen LogP contribution in [0, 0.1) is 18.3 Å². The second-order valence-corrected chi connectivity index (χ2v) is 6.37. The van der Waals surface area contributed by atoms with E-state index in [4.69, 9.17) is 4.98 Å². The highest BCUT2D eigenvalue weighted by atomic mass is 16.3.